The summed E-state index contributed by atoms with van der Waals surface area (Å²) in [6.07, 6.45) is 6.95. The van der Waals surface area contributed by atoms with Crippen LogP contribution in [0.25, 0.3) is 0 Å². The van der Waals surface area contributed by atoms with Gasteiger partial charge in [-0.25, -0.2) is 0 Å². The van der Waals surface area contributed by atoms with E-state index in [1.165, 1.54) is 25.7 Å². The second-order valence-corrected chi connectivity index (χ2v) is 6.31. The Labute approximate surface area is 115 Å². The predicted molar refractivity (Wildman–Crippen MR) is 72.6 cm³/mol. The van der Waals surface area contributed by atoms with Gasteiger partial charge in [0, 0.05) is 12.5 Å². The molecule has 0 aromatic carbocycles. The molecule has 2 fully saturated rings. The molecule has 0 radical (unpaired) electrons. The first-order valence-electron chi connectivity index (χ1n) is 7.58. The van der Waals surface area contributed by atoms with Gasteiger partial charge >= 0.3 is 5.97 Å². The number of carbonyl (C=O) groups excluding carboxylic acids is 1. The van der Waals surface area contributed by atoms with Gasteiger partial charge in [0.15, 0.2) is 0 Å². The van der Waals surface area contributed by atoms with Crippen molar-refractivity contribution in [3.05, 3.63) is 0 Å². The summed E-state index contributed by atoms with van der Waals surface area (Å²) in [5.41, 5.74) is 0. The first-order valence-corrected chi connectivity index (χ1v) is 7.58. The molecule has 4 nitrogen and oxygen atoms in total. The Balaban J connectivity index is 1.74. The van der Waals surface area contributed by atoms with Crippen LogP contribution in [-0.2, 0) is 9.59 Å². The van der Waals surface area contributed by atoms with E-state index < -0.39 is 5.97 Å². The van der Waals surface area contributed by atoms with Crippen LogP contribution in [0.1, 0.15) is 51.9 Å². The third kappa shape index (κ3) is 3.71. The summed E-state index contributed by atoms with van der Waals surface area (Å²) in [5.74, 6) is 0.223. The van der Waals surface area contributed by atoms with Crippen molar-refractivity contribution in [1.29, 1.82) is 0 Å². The fraction of sp³-hybridized carbons (Fsp3) is 0.867. The van der Waals surface area contributed by atoms with Gasteiger partial charge in [0.25, 0.3) is 0 Å². The lowest BCUT2D eigenvalue weighted by Gasteiger charge is -2.29. The summed E-state index contributed by atoms with van der Waals surface area (Å²) in [6, 6.07) is 0. The van der Waals surface area contributed by atoms with Crippen LogP contribution in [0.4, 0.5) is 0 Å². The van der Waals surface area contributed by atoms with Gasteiger partial charge in [-0.3, -0.25) is 9.59 Å². The first-order chi connectivity index (χ1) is 9.08. The van der Waals surface area contributed by atoms with Crippen molar-refractivity contribution in [2.24, 2.45) is 23.7 Å². The zero-order chi connectivity index (χ0) is 13.8. The van der Waals surface area contributed by atoms with Crippen molar-refractivity contribution >= 4 is 11.9 Å². The topological polar surface area (TPSA) is 66.4 Å². The fourth-order valence-corrected chi connectivity index (χ4v) is 3.52. The van der Waals surface area contributed by atoms with E-state index in [1.54, 1.807) is 0 Å². The number of carboxylic acids is 1. The number of hydrogen-bond donors (Lipinski definition) is 2. The number of aliphatic carboxylic acids is 1. The molecule has 108 valence electrons. The van der Waals surface area contributed by atoms with E-state index in [4.69, 9.17) is 5.11 Å². The molecule has 2 aliphatic carbocycles. The summed E-state index contributed by atoms with van der Waals surface area (Å²) in [7, 11) is 0. The number of rotatable bonds is 4. The Hall–Kier alpha value is -1.06. The fourth-order valence-electron chi connectivity index (χ4n) is 3.52. The van der Waals surface area contributed by atoms with Crippen LogP contribution in [0.5, 0.6) is 0 Å². The lowest BCUT2D eigenvalue weighted by molar-refractivity contribution is -0.141. The van der Waals surface area contributed by atoms with Crippen molar-refractivity contribution in [2.75, 3.05) is 6.54 Å². The Morgan fingerprint density at radius 3 is 2.42 bits per heavy atom. The Bertz CT molecular complexity index is 342. The average molecular weight is 267 g/mol. The Morgan fingerprint density at radius 1 is 1.11 bits per heavy atom. The minimum Gasteiger partial charge on any atom is -0.481 e. The highest BCUT2D eigenvalue weighted by Gasteiger charge is 2.34. The van der Waals surface area contributed by atoms with E-state index in [0.717, 1.165) is 13.0 Å². The second kappa shape index (κ2) is 6.40. The third-order valence-corrected chi connectivity index (χ3v) is 4.98. The minimum absolute atomic E-state index is 0.0709. The molecule has 4 unspecified atom stereocenters. The Morgan fingerprint density at radius 2 is 1.79 bits per heavy atom. The highest BCUT2D eigenvalue weighted by atomic mass is 16.4. The molecule has 2 saturated carbocycles. The molecule has 0 aliphatic heterocycles. The van der Waals surface area contributed by atoms with Crippen molar-refractivity contribution in [2.45, 2.75) is 51.9 Å². The second-order valence-electron chi connectivity index (χ2n) is 6.31. The molecule has 0 saturated heterocycles. The maximum Gasteiger partial charge on any atom is 0.306 e. The molecule has 0 aromatic rings. The lowest BCUT2D eigenvalue weighted by atomic mass is 9.80. The summed E-state index contributed by atoms with van der Waals surface area (Å²) >= 11 is 0. The monoisotopic (exact) mass is 267 g/mol. The highest BCUT2D eigenvalue weighted by molar-refractivity contribution is 5.80. The summed E-state index contributed by atoms with van der Waals surface area (Å²) in [6.45, 7) is 3.04. The van der Waals surface area contributed by atoms with Crippen molar-refractivity contribution in [1.82, 2.24) is 5.32 Å². The van der Waals surface area contributed by atoms with E-state index in [0.29, 0.717) is 24.7 Å². The molecule has 4 atom stereocenters. The van der Waals surface area contributed by atoms with Crippen LogP contribution >= 0.6 is 0 Å². The number of carbonyl (C=O) groups is 2. The number of hydrogen-bond acceptors (Lipinski definition) is 2. The molecule has 2 aliphatic rings. The van der Waals surface area contributed by atoms with Gasteiger partial charge in [0.2, 0.25) is 5.91 Å². The molecular weight excluding hydrogens is 242 g/mol. The van der Waals surface area contributed by atoms with Crippen molar-refractivity contribution in [3.63, 3.8) is 0 Å². The maximum absolute atomic E-state index is 12.1. The molecule has 0 aromatic heterocycles. The van der Waals surface area contributed by atoms with E-state index in [1.807, 2.05) is 0 Å². The number of nitrogens with one attached hydrogen (secondary N) is 1. The summed E-state index contributed by atoms with van der Waals surface area (Å²) in [4.78, 5) is 22.9. The van der Waals surface area contributed by atoms with Crippen molar-refractivity contribution < 1.29 is 14.7 Å². The molecule has 0 bridgehead atoms. The van der Waals surface area contributed by atoms with Gasteiger partial charge in [-0.1, -0.05) is 26.2 Å². The number of carboxylic acid groups (broad SMARTS) is 1. The van der Waals surface area contributed by atoms with Gasteiger partial charge in [-0.05, 0) is 37.5 Å². The zero-order valence-electron chi connectivity index (χ0n) is 11.7. The summed E-state index contributed by atoms with van der Waals surface area (Å²) < 4.78 is 0. The number of amides is 1. The standard InChI is InChI=1S/C15H25NO3/c1-10-4-2-3-5-13(10)9-16-14(17)11-6-7-12(8-11)15(18)19/h10-13H,2-9H2,1H3,(H,16,17)(H,18,19). The minimum atomic E-state index is -0.754. The van der Waals surface area contributed by atoms with Crippen LogP contribution in [0.3, 0.4) is 0 Å². The van der Waals surface area contributed by atoms with Crippen LogP contribution in [-0.4, -0.2) is 23.5 Å². The average Bonchev–Trinajstić information content (AvgIpc) is 2.87. The molecule has 4 heteroatoms. The highest BCUT2D eigenvalue weighted by Crippen LogP contribution is 2.32. The van der Waals surface area contributed by atoms with Gasteiger partial charge in [-0.15, -0.1) is 0 Å². The van der Waals surface area contributed by atoms with Crippen LogP contribution in [0, 0.1) is 23.7 Å². The summed E-state index contributed by atoms with van der Waals surface area (Å²) in [5, 5.41) is 12.0. The van der Waals surface area contributed by atoms with E-state index in [-0.39, 0.29) is 17.7 Å². The molecule has 2 N–H and O–H groups in total. The van der Waals surface area contributed by atoms with Gasteiger partial charge in [-0.2, -0.15) is 0 Å². The molecule has 1 amide bonds. The zero-order valence-corrected chi connectivity index (χ0v) is 11.7. The van der Waals surface area contributed by atoms with E-state index in [2.05, 4.69) is 12.2 Å². The van der Waals surface area contributed by atoms with E-state index in [9.17, 15) is 9.59 Å². The van der Waals surface area contributed by atoms with Crippen LogP contribution in [0.15, 0.2) is 0 Å². The van der Waals surface area contributed by atoms with Crippen molar-refractivity contribution in [3.8, 4) is 0 Å². The van der Waals surface area contributed by atoms with Crippen LogP contribution in [0.2, 0.25) is 0 Å². The normalized spacial score (nSPS) is 35.0. The van der Waals surface area contributed by atoms with E-state index >= 15 is 0 Å². The molecular formula is C15H25NO3. The molecule has 19 heavy (non-hydrogen) atoms. The van der Waals surface area contributed by atoms with Gasteiger partial charge < -0.3 is 10.4 Å². The lowest BCUT2D eigenvalue weighted by Crippen LogP contribution is -2.36. The maximum atomic E-state index is 12.1. The third-order valence-electron chi connectivity index (χ3n) is 4.98. The smallest absolute Gasteiger partial charge is 0.306 e. The van der Waals surface area contributed by atoms with Gasteiger partial charge in [0.05, 0.1) is 5.92 Å². The Kier molecular flexibility index (Phi) is 4.83. The van der Waals surface area contributed by atoms with Gasteiger partial charge in [0.1, 0.15) is 0 Å². The predicted octanol–water partition coefficient (Wildman–Crippen LogP) is 2.43. The molecule has 2 rings (SSSR count). The molecule has 0 spiro atoms. The quantitative estimate of drug-likeness (QED) is 0.822. The largest absolute Gasteiger partial charge is 0.481 e. The SMILES string of the molecule is CC1CCCCC1CNC(=O)C1CCC(C(=O)O)C1. The first kappa shape index (κ1) is 14.4. The molecule has 0 heterocycles. The van der Waals surface area contributed by atoms with Crippen LogP contribution < -0.4 is 5.32 Å².